The van der Waals surface area contributed by atoms with Crippen molar-refractivity contribution < 1.29 is 4.79 Å². The van der Waals surface area contributed by atoms with Gasteiger partial charge in [0.15, 0.2) is 11.0 Å². The monoisotopic (exact) mass is 276 g/mol. The molecule has 0 aliphatic rings. The largest absolute Gasteiger partial charge is 0.320 e. The summed E-state index contributed by atoms with van der Waals surface area (Å²) >= 11 is 11.5. The fourth-order valence-electron chi connectivity index (χ4n) is 1.26. The van der Waals surface area contributed by atoms with Crippen LogP contribution in [-0.4, -0.2) is 21.9 Å². The lowest BCUT2D eigenvalue weighted by atomic mass is 10.0. The molecule has 1 unspecified atom stereocenters. The average molecular weight is 277 g/mol. The van der Waals surface area contributed by atoms with E-state index in [0.717, 1.165) is 0 Å². The maximum atomic E-state index is 11.7. The molecule has 1 heterocycles. The van der Waals surface area contributed by atoms with E-state index in [1.807, 2.05) is 13.8 Å². The second-order valence-corrected chi connectivity index (χ2v) is 4.79. The number of nitrogens with two attached hydrogens (primary N) is 1. The van der Waals surface area contributed by atoms with Gasteiger partial charge in [0.2, 0.25) is 5.91 Å². The molecular formula is C10H14Cl2N4O. The fraction of sp³-hybridized carbons (Fsp3) is 0.500. The first-order chi connectivity index (χ1) is 7.91. The quantitative estimate of drug-likeness (QED) is 0.826. The van der Waals surface area contributed by atoms with Gasteiger partial charge in [-0.25, -0.2) is 9.97 Å². The molecule has 0 bridgehead atoms. The molecule has 3 N–H and O–H groups in total. The highest BCUT2D eigenvalue weighted by Gasteiger charge is 2.17. The Morgan fingerprint density at radius 2 is 2.12 bits per heavy atom. The number of carbonyl (C=O) groups is 1. The Hall–Kier alpha value is -0.910. The Kier molecular flexibility index (Phi) is 5.11. The fourth-order valence-corrected chi connectivity index (χ4v) is 1.54. The molecule has 0 aromatic carbocycles. The number of hydrogen-bond donors (Lipinski definition) is 2. The molecule has 0 spiro atoms. The van der Waals surface area contributed by atoms with Crippen LogP contribution in [-0.2, 0) is 4.79 Å². The summed E-state index contributed by atoms with van der Waals surface area (Å²) in [5.41, 5.74) is 5.72. The van der Waals surface area contributed by atoms with Crippen LogP contribution in [0.2, 0.25) is 10.2 Å². The molecular weight excluding hydrogens is 263 g/mol. The molecule has 94 valence electrons. The van der Waals surface area contributed by atoms with E-state index in [4.69, 9.17) is 28.9 Å². The maximum Gasteiger partial charge on any atom is 0.242 e. The number of halogens is 2. The van der Waals surface area contributed by atoms with Crippen LogP contribution in [0, 0.1) is 5.92 Å². The third-order valence-electron chi connectivity index (χ3n) is 2.05. The van der Waals surface area contributed by atoms with Crippen LogP contribution in [0.25, 0.3) is 0 Å². The van der Waals surface area contributed by atoms with E-state index in [0.29, 0.717) is 12.3 Å². The minimum absolute atomic E-state index is 0.0920. The molecule has 0 aliphatic heterocycles. The minimum atomic E-state index is -0.597. The standard InChI is InChI=1S/C10H14Cl2N4O/c1-5(2)3-6(13)10(17)16-9-7(11)8(12)14-4-15-9/h4-6H,3,13H2,1-2H3,(H,14,15,16,17). The first-order valence-electron chi connectivity index (χ1n) is 5.14. The molecule has 17 heavy (non-hydrogen) atoms. The van der Waals surface area contributed by atoms with E-state index in [1.54, 1.807) is 0 Å². The number of aromatic nitrogens is 2. The first kappa shape index (κ1) is 14.2. The van der Waals surface area contributed by atoms with Gasteiger partial charge in [-0.1, -0.05) is 37.0 Å². The zero-order valence-electron chi connectivity index (χ0n) is 9.58. The molecule has 0 aliphatic carbocycles. The smallest absolute Gasteiger partial charge is 0.242 e. The first-order valence-corrected chi connectivity index (χ1v) is 5.89. The predicted octanol–water partition coefficient (Wildman–Crippen LogP) is 2.10. The number of anilines is 1. The number of amides is 1. The van der Waals surface area contributed by atoms with Crippen molar-refractivity contribution in [2.75, 3.05) is 5.32 Å². The molecule has 1 aromatic heterocycles. The van der Waals surface area contributed by atoms with Crippen LogP contribution >= 0.6 is 23.2 Å². The zero-order valence-corrected chi connectivity index (χ0v) is 11.1. The van der Waals surface area contributed by atoms with E-state index in [9.17, 15) is 4.79 Å². The normalized spacial score (nSPS) is 12.6. The SMILES string of the molecule is CC(C)CC(N)C(=O)Nc1ncnc(Cl)c1Cl. The number of rotatable bonds is 4. The van der Waals surface area contributed by atoms with Crippen molar-refractivity contribution >= 4 is 34.9 Å². The van der Waals surface area contributed by atoms with Crippen LogP contribution < -0.4 is 11.1 Å². The zero-order chi connectivity index (χ0) is 13.0. The van der Waals surface area contributed by atoms with Gasteiger partial charge in [0.1, 0.15) is 11.3 Å². The lowest BCUT2D eigenvalue weighted by Gasteiger charge is -2.14. The van der Waals surface area contributed by atoms with Crippen molar-refractivity contribution in [3.05, 3.63) is 16.5 Å². The van der Waals surface area contributed by atoms with Gasteiger partial charge in [-0.05, 0) is 12.3 Å². The third kappa shape index (κ3) is 4.11. The number of nitrogens with one attached hydrogen (secondary N) is 1. The highest BCUT2D eigenvalue weighted by Crippen LogP contribution is 2.25. The van der Waals surface area contributed by atoms with Gasteiger partial charge in [-0.3, -0.25) is 4.79 Å². The topological polar surface area (TPSA) is 80.9 Å². The predicted molar refractivity (Wildman–Crippen MR) is 68.1 cm³/mol. The Bertz CT molecular complexity index is 411. The lowest BCUT2D eigenvalue weighted by Crippen LogP contribution is -2.37. The van der Waals surface area contributed by atoms with E-state index >= 15 is 0 Å². The Balaban J connectivity index is 2.71. The molecule has 1 rings (SSSR count). The molecule has 0 fully saturated rings. The molecule has 5 nitrogen and oxygen atoms in total. The van der Waals surface area contributed by atoms with Crippen molar-refractivity contribution in [1.82, 2.24) is 9.97 Å². The summed E-state index contributed by atoms with van der Waals surface area (Å²) in [5.74, 6) is 0.173. The van der Waals surface area contributed by atoms with Crippen LogP contribution in [0.1, 0.15) is 20.3 Å². The minimum Gasteiger partial charge on any atom is -0.320 e. The molecule has 1 atom stereocenters. The van der Waals surface area contributed by atoms with Gasteiger partial charge >= 0.3 is 0 Å². The third-order valence-corrected chi connectivity index (χ3v) is 2.79. The molecule has 0 saturated carbocycles. The van der Waals surface area contributed by atoms with Crippen LogP contribution in [0.3, 0.4) is 0 Å². The summed E-state index contributed by atoms with van der Waals surface area (Å²) in [5, 5.41) is 2.73. The van der Waals surface area contributed by atoms with E-state index in [2.05, 4.69) is 15.3 Å². The molecule has 7 heteroatoms. The van der Waals surface area contributed by atoms with Gasteiger partial charge < -0.3 is 11.1 Å². The second-order valence-electron chi connectivity index (χ2n) is 4.05. The van der Waals surface area contributed by atoms with Gasteiger partial charge in [0.05, 0.1) is 6.04 Å². The van der Waals surface area contributed by atoms with Gasteiger partial charge in [0, 0.05) is 0 Å². The van der Waals surface area contributed by atoms with Crippen molar-refractivity contribution in [3.8, 4) is 0 Å². The number of carbonyl (C=O) groups excluding carboxylic acids is 1. The van der Waals surface area contributed by atoms with Gasteiger partial charge in [-0.15, -0.1) is 0 Å². The molecule has 0 radical (unpaired) electrons. The van der Waals surface area contributed by atoms with Crippen molar-refractivity contribution in [1.29, 1.82) is 0 Å². The molecule has 0 saturated heterocycles. The summed E-state index contributed by atoms with van der Waals surface area (Å²) in [6.45, 7) is 3.98. The average Bonchev–Trinajstić information content (AvgIpc) is 2.23. The number of hydrogen-bond acceptors (Lipinski definition) is 4. The second kappa shape index (κ2) is 6.14. The summed E-state index contributed by atoms with van der Waals surface area (Å²) in [6.07, 6.45) is 1.81. The Morgan fingerprint density at radius 3 is 2.71 bits per heavy atom. The summed E-state index contributed by atoms with van der Waals surface area (Å²) in [4.78, 5) is 19.2. The maximum absolute atomic E-state index is 11.7. The highest BCUT2D eigenvalue weighted by atomic mass is 35.5. The molecule has 1 aromatic rings. The van der Waals surface area contributed by atoms with Crippen LogP contribution in [0.5, 0.6) is 0 Å². The highest BCUT2D eigenvalue weighted by molar-refractivity contribution is 6.42. The van der Waals surface area contributed by atoms with E-state index < -0.39 is 6.04 Å². The summed E-state index contributed by atoms with van der Waals surface area (Å²) in [6, 6.07) is -0.597. The molecule has 1 amide bonds. The van der Waals surface area contributed by atoms with Crippen molar-refractivity contribution in [3.63, 3.8) is 0 Å². The van der Waals surface area contributed by atoms with Gasteiger partial charge in [0.25, 0.3) is 0 Å². The van der Waals surface area contributed by atoms with Crippen molar-refractivity contribution in [2.24, 2.45) is 11.7 Å². The summed E-state index contributed by atoms with van der Waals surface area (Å²) < 4.78 is 0. The lowest BCUT2D eigenvalue weighted by molar-refractivity contribution is -0.117. The Labute approximate surface area is 110 Å². The van der Waals surface area contributed by atoms with Crippen LogP contribution in [0.4, 0.5) is 5.82 Å². The van der Waals surface area contributed by atoms with E-state index in [1.165, 1.54) is 6.33 Å². The van der Waals surface area contributed by atoms with Gasteiger partial charge in [-0.2, -0.15) is 0 Å². The van der Waals surface area contributed by atoms with E-state index in [-0.39, 0.29) is 21.9 Å². The summed E-state index contributed by atoms with van der Waals surface area (Å²) in [7, 11) is 0. The Morgan fingerprint density at radius 1 is 1.47 bits per heavy atom. The number of nitrogens with zero attached hydrogens (tertiary/aromatic N) is 2. The van der Waals surface area contributed by atoms with Crippen molar-refractivity contribution in [2.45, 2.75) is 26.3 Å². The van der Waals surface area contributed by atoms with Crippen LogP contribution in [0.15, 0.2) is 6.33 Å².